The molecule has 1 amide bonds. The van der Waals surface area contributed by atoms with E-state index in [1.54, 1.807) is 12.1 Å². The lowest BCUT2D eigenvalue weighted by atomic mass is 10.1. The van der Waals surface area contributed by atoms with Crippen LogP contribution in [0.5, 0.6) is 5.75 Å². The molecule has 3 N–H and O–H groups in total. The van der Waals surface area contributed by atoms with Crippen LogP contribution in [-0.2, 0) is 11.4 Å². The van der Waals surface area contributed by atoms with E-state index in [0.29, 0.717) is 21.7 Å². The van der Waals surface area contributed by atoms with Crippen molar-refractivity contribution in [1.82, 2.24) is 14.9 Å². The zero-order valence-corrected chi connectivity index (χ0v) is 18.0. The molecule has 0 radical (unpaired) electrons. The third-order valence-corrected chi connectivity index (χ3v) is 5.29. The van der Waals surface area contributed by atoms with Gasteiger partial charge in [0.2, 0.25) is 11.1 Å². The summed E-state index contributed by atoms with van der Waals surface area (Å²) in [5.74, 6) is 7.17. The maximum absolute atomic E-state index is 12.2. The van der Waals surface area contributed by atoms with Gasteiger partial charge in [-0.3, -0.25) is 4.79 Å². The van der Waals surface area contributed by atoms with Gasteiger partial charge in [-0.2, -0.15) is 0 Å². The number of nitrogens with two attached hydrogens (primary N) is 1. The van der Waals surface area contributed by atoms with Crippen LogP contribution in [0.25, 0.3) is 0 Å². The Morgan fingerprint density at radius 2 is 1.86 bits per heavy atom. The molecular formula is C20H22ClN5O2S. The van der Waals surface area contributed by atoms with Crippen LogP contribution >= 0.6 is 23.4 Å². The number of nitrogen functional groups attached to an aromatic ring is 1. The number of amides is 1. The second-order valence-corrected chi connectivity index (χ2v) is 8.05. The van der Waals surface area contributed by atoms with Crippen molar-refractivity contribution in [3.05, 3.63) is 63.9 Å². The summed E-state index contributed by atoms with van der Waals surface area (Å²) in [6.45, 7) is 6.13. The van der Waals surface area contributed by atoms with Crippen LogP contribution < -0.4 is 15.9 Å². The molecule has 0 unspecified atom stereocenters. The second kappa shape index (κ2) is 9.19. The first kappa shape index (κ1) is 21.0. The smallest absolute Gasteiger partial charge is 0.234 e. The summed E-state index contributed by atoms with van der Waals surface area (Å²) in [4.78, 5) is 12.2. The van der Waals surface area contributed by atoms with E-state index in [4.69, 9.17) is 22.2 Å². The Morgan fingerprint density at radius 1 is 1.14 bits per heavy atom. The van der Waals surface area contributed by atoms with Crippen LogP contribution in [0, 0.1) is 20.8 Å². The number of ether oxygens (including phenoxy) is 1. The quantitative estimate of drug-likeness (QED) is 0.435. The van der Waals surface area contributed by atoms with Gasteiger partial charge in [-0.05, 0) is 61.7 Å². The van der Waals surface area contributed by atoms with E-state index in [1.165, 1.54) is 16.4 Å². The van der Waals surface area contributed by atoms with E-state index in [-0.39, 0.29) is 18.3 Å². The van der Waals surface area contributed by atoms with Gasteiger partial charge >= 0.3 is 0 Å². The fourth-order valence-corrected chi connectivity index (χ4v) is 3.66. The van der Waals surface area contributed by atoms with Crippen molar-refractivity contribution >= 4 is 35.0 Å². The molecule has 0 aliphatic carbocycles. The lowest BCUT2D eigenvalue weighted by molar-refractivity contribution is -0.113. The van der Waals surface area contributed by atoms with E-state index in [9.17, 15) is 4.79 Å². The van der Waals surface area contributed by atoms with E-state index in [2.05, 4.69) is 21.6 Å². The van der Waals surface area contributed by atoms with Gasteiger partial charge in [-0.25, -0.2) is 4.68 Å². The molecule has 2 aromatic carbocycles. The zero-order valence-electron chi connectivity index (χ0n) is 16.4. The van der Waals surface area contributed by atoms with Crippen molar-refractivity contribution in [3.8, 4) is 5.75 Å². The Labute approximate surface area is 178 Å². The molecule has 0 fully saturated rings. The molecule has 7 nitrogen and oxygen atoms in total. The summed E-state index contributed by atoms with van der Waals surface area (Å²) in [6, 6.07) is 11.4. The third-order valence-electron chi connectivity index (χ3n) is 4.03. The van der Waals surface area contributed by atoms with E-state index < -0.39 is 0 Å². The molecule has 1 heterocycles. The number of benzene rings is 2. The Bertz CT molecular complexity index is 1020. The predicted molar refractivity (Wildman–Crippen MR) is 116 cm³/mol. The number of halogens is 1. The highest BCUT2D eigenvalue weighted by atomic mass is 35.5. The van der Waals surface area contributed by atoms with Crippen LogP contribution in [0.1, 0.15) is 22.5 Å². The fraction of sp³-hybridized carbons (Fsp3) is 0.250. The summed E-state index contributed by atoms with van der Waals surface area (Å²) in [7, 11) is 0. The molecule has 3 aromatic rings. The van der Waals surface area contributed by atoms with Crippen molar-refractivity contribution in [2.45, 2.75) is 32.5 Å². The topological polar surface area (TPSA) is 95.1 Å². The number of nitrogens with one attached hydrogen (secondary N) is 1. The molecule has 0 aliphatic rings. The minimum absolute atomic E-state index is 0.122. The molecule has 0 bridgehead atoms. The molecule has 152 valence electrons. The highest BCUT2D eigenvalue weighted by Gasteiger charge is 2.14. The van der Waals surface area contributed by atoms with Gasteiger partial charge in [0, 0.05) is 0 Å². The SMILES string of the molecule is Cc1cc(C)cc(OCc2nnc(SCC(=O)Nc3ccc(C)cc3Cl)n2N)c1. The molecule has 9 heteroatoms. The average Bonchev–Trinajstić information content (AvgIpc) is 3.00. The maximum atomic E-state index is 12.2. The lowest BCUT2D eigenvalue weighted by Crippen LogP contribution is -2.18. The van der Waals surface area contributed by atoms with Crippen LogP contribution in [0.15, 0.2) is 41.6 Å². The van der Waals surface area contributed by atoms with Gasteiger partial charge in [0.25, 0.3) is 0 Å². The van der Waals surface area contributed by atoms with E-state index in [0.717, 1.165) is 22.4 Å². The van der Waals surface area contributed by atoms with Gasteiger partial charge in [0.1, 0.15) is 12.4 Å². The summed E-state index contributed by atoms with van der Waals surface area (Å²) in [5.41, 5.74) is 3.82. The number of carbonyl (C=O) groups is 1. The number of aromatic nitrogens is 3. The fourth-order valence-electron chi connectivity index (χ4n) is 2.71. The summed E-state index contributed by atoms with van der Waals surface area (Å²) in [6.07, 6.45) is 0. The first-order valence-corrected chi connectivity index (χ1v) is 10.3. The van der Waals surface area contributed by atoms with Gasteiger partial charge in [-0.15, -0.1) is 10.2 Å². The molecule has 0 spiro atoms. The van der Waals surface area contributed by atoms with Crippen LogP contribution in [0.3, 0.4) is 0 Å². The summed E-state index contributed by atoms with van der Waals surface area (Å²) < 4.78 is 7.10. The molecule has 0 saturated carbocycles. The minimum atomic E-state index is -0.211. The first-order valence-electron chi connectivity index (χ1n) is 8.91. The lowest BCUT2D eigenvalue weighted by Gasteiger charge is -2.09. The Balaban J connectivity index is 1.55. The number of thioether (sulfide) groups is 1. The number of hydrogen-bond acceptors (Lipinski definition) is 6. The average molecular weight is 432 g/mol. The Kier molecular flexibility index (Phi) is 6.66. The van der Waals surface area contributed by atoms with Crippen molar-refractivity contribution < 1.29 is 9.53 Å². The van der Waals surface area contributed by atoms with Crippen LogP contribution in [-0.4, -0.2) is 26.5 Å². The highest BCUT2D eigenvalue weighted by Crippen LogP contribution is 2.24. The summed E-state index contributed by atoms with van der Waals surface area (Å²) >= 11 is 7.33. The molecule has 0 atom stereocenters. The van der Waals surface area contributed by atoms with Crippen molar-refractivity contribution in [2.24, 2.45) is 0 Å². The second-order valence-electron chi connectivity index (χ2n) is 6.70. The maximum Gasteiger partial charge on any atom is 0.234 e. The van der Waals surface area contributed by atoms with Gasteiger partial charge in [0.05, 0.1) is 16.5 Å². The van der Waals surface area contributed by atoms with Gasteiger partial charge < -0.3 is 15.9 Å². The Morgan fingerprint density at radius 3 is 2.55 bits per heavy atom. The molecule has 29 heavy (non-hydrogen) atoms. The predicted octanol–water partition coefficient (Wildman–Crippen LogP) is 3.88. The molecule has 1 aromatic heterocycles. The van der Waals surface area contributed by atoms with Crippen molar-refractivity contribution in [1.29, 1.82) is 0 Å². The van der Waals surface area contributed by atoms with Gasteiger partial charge in [-0.1, -0.05) is 35.5 Å². The molecule has 3 rings (SSSR count). The monoisotopic (exact) mass is 431 g/mol. The largest absolute Gasteiger partial charge is 0.486 e. The number of aryl methyl sites for hydroxylation is 3. The van der Waals surface area contributed by atoms with E-state index >= 15 is 0 Å². The Hall–Kier alpha value is -2.71. The minimum Gasteiger partial charge on any atom is -0.486 e. The normalized spacial score (nSPS) is 10.8. The van der Waals surface area contributed by atoms with Crippen LogP contribution in [0.2, 0.25) is 5.02 Å². The molecule has 0 saturated heterocycles. The van der Waals surface area contributed by atoms with Crippen molar-refractivity contribution in [3.63, 3.8) is 0 Å². The number of nitrogens with zero attached hydrogens (tertiary/aromatic N) is 3. The molecular weight excluding hydrogens is 410 g/mol. The highest BCUT2D eigenvalue weighted by molar-refractivity contribution is 7.99. The van der Waals surface area contributed by atoms with Crippen LogP contribution in [0.4, 0.5) is 5.69 Å². The first-order chi connectivity index (χ1) is 13.8. The van der Waals surface area contributed by atoms with Crippen molar-refractivity contribution in [2.75, 3.05) is 16.9 Å². The van der Waals surface area contributed by atoms with E-state index in [1.807, 2.05) is 39.0 Å². The third kappa shape index (κ3) is 5.65. The standard InChI is InChI=1S/C20H22ClN5O2S/c1-12-4-5-17(16(21)9-12)23-19(27)11-29-20-25-24-18(26(20)22)10-28-15-7-13(2)6-14(3)8-15/h4-9H,10-11,22H2,1-3H3,(H,23,27). The number of hydrogen-bond donors (Lipinski definition) is 2. The number of rotatable bonds is 7. The van der Waals surface area contributed by atoms with Gasteiger partial charge in [0.15, 0.2) is 5.82 Å². The zero-order chi connectivity index (χ0) is 21.0. The number of anilines is 1. The summed E-state index contributed by atoms with van der Waals surface area (Å²) in [5, 5.41) is 11.8. The molecule has 0 aliphatic heterocycles. The number of carbonyl (C=O) groups excluding carboxylic acids is 1.